The van der Waals surface area contributed by atoms with Crippen LogP contribution in [0.1, 0.15) is 0 Å². The van der Waals surface area contributed by atoms with E-state index in [0.717, 1.165) is 4.47 Å². The number of nitrogens with one attached hydrogen (secondary N) is 1. The van der Waals surface area contributed by atoms with Crippen molar-refractivity contribution in [2.45, 2.75) is 10.9 Å². The Kier molecular flexibility index (Phi) is 3.80. The highest BCUT2D eigenvalue weighted by molar-refractivity contribution is 9.10. The molecule has 1 fully saturated rings. The van der Waals surface area contributed by atoms with Crippen LogP contribution in [0, 0.1) is 0 Å². The van der Waals surface area contributed by atoms with E-state index in [0.29, 0.717) is 13.1 Å². The molecular weight excluding hydrogens is 328 g/mol. The third-order valence-corrected chi connectivity index (χ3v) is 5.71. The standard InChI is InChI=1S/C10H12BrClN2O2S/c1-14(8-5-13-6-8)17(15,16)10-3-2-7(11)4-9(10)12/h2-4,8,13H,5-6H2,1H3. The lowest BCUT2D eigenvalue weighted by Gasteiger charge is -2.34. The molecule has 2 rings (SSSR count). The second-order valence-electron chi connectivity index (χ2n) is 3.91. The summed E-state index contributed by atoms with van der Waals surface area (Å²) < 4.78 is 26.7. The Bertz CT molecular complexity index is 531. The molecule has 1 heterocycles. The fraction of sp³-hybridized carbons (Fsp3) is 0.400. The van der Waals surface area contributed by atoms with E-state index in [1.54, 1.807) is 19.2 Å². The molecule has 0 saturated carbocycles. The van der Waals surface area contributed by atoms with E-state index in [4.69, 9.17) is 11.6 Å². The van der Waals surface area contributed by atoms with Gasteiger partial charge in [0, 0.05) is 30.7 Å². The normalized spacial score (nSPS) is 17.2. The van der Waals surface area contributed by atoms with E-state index in [2.05, 4.69) is 21.2 Å². The van der Waals surface area contributed by atoms with Crippen LogP contribution < -0.4 is 5.32 Å². The number of benzene rings is 1. The summed E-state index contributed by atoms with van der Waals surface area (Å²) in [7, 11) is -1.92. The van der Waals surface area contributed by atoms with Crippen molar-refractivity contribution in [2.24, 2.45) is 0 Å². The Morgan fingerprint density at radius 1 is 1.47 bits per heavy atom. The van der Waals surface area contributed by atoms with E-state index in [9.17, 15) is 8.42 Å². The lowest BCUT2D eigenvalue weighted by Crippen LogP contribution is -2.57. The van der Waals surface area contributed by atoms with Crippen molar-refractivity contribution in [3.63, 3.8) is 0 Å². The third-order valence-electron chi connectivity index (χ3n) is 2.83. The van der Waals surface area contributed by atoms with Crippen molar-refractivity contribution in [3.8, 4) is 0 Å². The first-order valence-electron chi connectivity index (χ1n) is 5.07. The van der Waals surface area contributed by atoms with Crippen LogP contribution in [-0.4, -0.2) is 38.9 Å². The van der Waals surface area contributed by atoms with Crippen molar-refractivity contribution in [3.05, 3.63) is 27.7 Å². The van der Waals surface area contributed by atoms with Gasteiger partial charge < -0.3 is 5.32 Å². The van der Waals surface area contributed by atoms with Gasteiger partial charge in [0.1, 0.15) is 4.90 Å². The van der Waals surface area contributed by atoms with Gasteiger partial charge in [0.05, 0.1) is 5.02 Å². The molecule has 1 aromatic carbocycles. The summed E-state index contributed by atoms with van der Waals surface area (Å²) in [6.07, 6.45) is 0. The highest BCUT2D eigenvalue weighted by Gasteiger charge is 2.32. The van der Waals surface area contributed by atoms with Crippen LogP contribution in [0.5, 0.6) is 0 Å². The van der Waals surface area contributed by atoms with Gasteiger partial charge in [-0.2, -0.15) is 4.31 Å². The van der Waals surface area contributed by atoms with Gasteiger partial charge in [-0.1, -0.05) is 27.5 Å². The molecule has 1 aliphatic heterocycles. The zero-order valence-corrected chi connectivity index (χ0v) is 12.3. The molecule has 4 nitrogen and oxygen atoms in total. The van der Waals surface area contributed by atoms with E-state index < -0.39 is 10.0 Å². The van der Waals surface area contributed by atoms with Gasteiger partial charge in [-0.15, -0.1) is 0 Å². The zero-order chi connectivity index (χ0) is 12.6. The van der Waals surface area contributed by atoms with Crippen molar-refractivity contribution < 1.29 is 8.42 Å². The second-order valence-corrected chi connectivity index (χ2v) is 7.20. The number of sulfonamides is 1. The summed E-state index contributed by atoms with van der Waals surface area (Å²) in [6.45, 7) is 1.37. The molecule has 94 valence electrons. The zero-order valence-electron chi connectivity index (χ0n) is 9.15. The average Bonchev–Trinajstić information content (AvgIpc) is 2.13. The van der Waals surface area contributed by atoms with Gasteiger partial charge in [-0.25, -0.2) is 8.42 Å². The summed E-state index contributed by atoms with van der Waals surface area (Å²) in [5.74, 6) is 0. The Labute approximate surface area is 114 Å². The highest BCUT2D eigenvalue weighted by atomic mass is 79.9. The summed E-state index contributed by atoms with van der Waals surface area (Å²) in [5.41, 5.74) is 0. The Hall–Kier alpha value is -0.140. The Balaban J connectivity index is 2.36. The maximum absolute atomic E-state index is 12.3. The van der Waals surface area contributed by atoms with Crippen LogP contribution in [0.25, 0.3) is 0 Å². The third kappa shape index (κ3) is 2.51. The Morgan fingerprint density at radius 3 is 2.59 bits per heavy atom. The lowest BCUT2D eigenvalue weighted by molar-refractivity contribution is 0.274. The predicted molar refractivity (Wildman–Crippen MR) is 70.8 cm³/mol. The molecule has 1 N–H and O–H groups in total. The van der Waals surface area contributed by atoms with Crippen molar-refractivity contribution in [1.82, 2.24) is 9.62 Å². The van der Waals surface area contributed by atoms with E-state index >= 15 is 0 Å². The minimum Gasteiger partial charge on any atom is -0.313 e. The van der Waals surface area contributed by atoms with Crippen molar-refractivity contribution >= 4 is 37.6 Å². The number of hydrogen-bond donors (Lipinski definition) is 1. The maximum Gasteiger partial charge on any atom is 0.244 e. The molecule has 0 aromatic heterocycles. The molecule has 0 spiro atoms. The second kappa shape index (κ2) is 4.85. The van der Waals surface area contributed by atoms with Gasteiger partial charge in [0.25, 0.3) is 0 Å². The van der Waals surface area contributed by atoms with Gasteiger partial charge in [-0.05, 0) is 18.2 Å². The first-order chi connectivity index (χ1) is 7.93. The van der Waals surface area contributed by atoms with Crippen LogP contribution in [0.2, 0.25) is 5.02 Å². The SMILES string of the molecule is CN(C1CNC1)S(=O)(=O)c1ccc(Br)cc1Cl. The largest absolute Gasteiger partial charge is 0.313 e. The molecule has 1 aliphatic rings. The minimum atomic E-state index is -3.51. The molecule has 0 radical (unpaired) electrons. The van der Waals surface area contributed by atoms with Crippen molar-refractivity contribution in [1.29, 1.82) is 0 Å². The molecule has 0 aliphatic carbocycles. The first kappa shape index (κ1) is 13.3. The number of hydrogen-bond acceptors (Lipinski definition) is 3. The molecular formula is C10H12BrClN2O2S. The number of nitrogens with zero attached hydrogens (tertiary/aromatic N) is 1. The van der Waals surface area contributed by atoms with E-state index in [-0.39, 0.29) is 16.0 Å². The monoisotopic (exact) mass is 338 g/mol. The fourth-order valence-electron chi connectivity index (χ4n) is 1.57. The fourth-order valence-corrected chi connectivity index (χ4v) is 3.93. The molecule has 0 unspecified atom stereocenters. The first-order valence-corrected chi connectivity index (χ1v) is 7.68. The van der Waals surface area contributed by atoms with Gasteiger partial charge >= 0.3 is 0 Å². The average molecular weight is 340 g/mol. The predicted octanol–water partition coefficient (Wildman–Crippen LogP) is 1.69. The molecule has 0 atom stereocenters. The molecule has 7 heteroatoms. The van der Waals surface area contributed by atoms with Crippen LogP contribution in [0.4, 0.5) is 0 Å². The molecule has 1 aromatic rings. The number of halogens is 2. The smallest absolute Gasteiger partial charge is 0.244 e. The van der Waals surface area contributed by atoms with Crippen molar-refractivity contribution in [2.75, 3.05) is 20.1 Å². The molecule has 0 bridgehead atoms. The molecule has 0 amide bonds. The lowest BCUT2D eigenvalue weighted by atomic mass is 10.2. The topological polar surface area (TPSA) is 49.4 Å². The summed E-state index contributed by atoms with van der Waals surface area (Å²) in [4.78, 5) is 0.150. The van der Waals surface area contributed by atoms with Gasteiger partial charge in [0.2, 0.25) is 10.0 Å². The maximum atomic E-state index is 12.3. The molecule has 1 saturated heterocycles. The van der Waals surface area contributed by atoms with E-state index in [1.165, 1.54) is 10.4 Å². The number of likely N-dealkylation sites (N-methyl/N-ethyl adjacent to an activating group) is 1. The van der Waals surface area contributed by atoms with Crippen LogP contribution in [0.3, 0.4) is 0 Å². The van der Waals surface area contributed by atoms with Crippen LogP contribution in [-0.2, 0) is 10.0 Å². The number of rotatable bonds is 3. The van der Waals surface area contributed by atoms with Crippen LogP contribution in [0.15, 0.2) is 27.6 Å². The minimum absolute atomic E-state index is 0.0136. The van der Waals surface area contributed by atoms with Gasteiger partial charge in [0.15, 0.2) is 0 Å². The van der Waals surface area contributed by atoms with Gasteiger partial charge in [-0.3, -0.25) is 0 Å². The Morgan fingerprint density at radius 2 is 2.12 bits per heavy atom. The summed E-state index contributed by atoms with van der Waals surface area (Å²) >= 11 is 9.22. The quantitative estimate of drug-likeness (QED) is 0.912. The highest BCUT2D eigenvalue weighted by Crippen LogP contribution is 2.28. The van der Waals surface area contributed by atoms with Crippen LogP contribution >= 0.6 is 27.5 Å². The van der Waals surface area contributed by atoms with E-state index in [1.807, 2.05) is 0 Å². The molecule has 17 heavy (non-hydrogen) atoms. The summed E-state index contributed by atoms with van der Waals surface area (Å²) in [6, 6.07) is 4.79. The summed E-state index contributed by atoms with van der Waals surface area (Å²) in [5, 5.41) is 3.28.